The quantitative estimate of drug-likeness (QED) is 0.872. The summed E-state index contributed by atoms with van der Waals surface area (Å²) < 4.78 is 0. The van der Waals surface area contributed by atoms with E-state index < -0.39 is 0 Å². The number of piperidine rings is 1. The van der Waals surface area contributed by atoms with Gasteiger partial charge in [-0.05, 0) is 19.3 Å². The van der Waals surface area contributed by atoms with Crippen molar-refractivity contribution in [2.45, 2.75) is 25.7 Å². The van der Waals surface area contributed by atoms with E-state index in [4.69, 9.17) is 11.6 Å². The Morgan fingerprint density at radius 3 is 2.89 bits per heavy atom. The first-order chi connectivity index (χ1) is 9.18. The highest BCUT2D eigenvalue weighted by atomic mass is 35.5. The van der Waals surface area contributed by atoms with Crippen molar-refractivity contribution in [2.24, 2.45) is 0 Å². The molecule has 7 heteroatoms. The van der Waals surface area contributed by atoms with Gasteiger partial charge in [-0.1, -0.05) is 11.6 Å². The number of hydrogen-bond acceptors (Lipinski definition) is 4. The predicted molar refractivity (Wildman–Crippen MR) is 73.4 cm³/mol. The van der Waals surface area contributed by atoms with E-state index in [-0.39, 0.29) is 16.5 Å². The van der Waals surface area contributed by atoms with Crippen molar-refractivity contribution in [3.05, 3.63) is 21.7 Å². The second-order valence-corrected chi connectivity index (χ2v) is 4.89. The molecule has 2 N–H and O–H groups in total. The molecule has 1 aliphatic rings. The number of hydrogen-bond donors (Lipinski definition) is 2. The summed E-state index contributed by atoms with van der Waals surface area (Å²) in [4.78, 5) is 31.3. The van der Waals surface area contributed by atoms with Crippen molar-refractivity contribution in [3.8, 4) is 0 Å². The van der Waals surface area contributed by atoms with Gasteiger partial charge in [0.05, 0.1) is 6.33 Å². The van der Waals surface area contributed by atoms with Crippen LogP contribution in [0.15, 0.2) is 11.1 Å². The van der Waals surface area contributed by atoms with Crippen LogP contribution in [0.25, 0.3) is 0 Å². The van der Waals surface area contributed by atoms with Gasteiger partial charge in [0.2, 0.25) is 5.91 Å². The van der Waals surface area contributed by atoms with Crippen LogP contribution in [0.2, 0.25) is 5.02 Å². The number of amides is 1. The average molecular weight is 285 g/mol. The molecule has 0 aromatic carbocycles. The molecule has 104 valence electrons. The first kappa shape index (κ1) is 13.9. The van der Waals surface area contributed by atoms with E-state index in [0.29, 0.717) is 18.8 Å². The third kappa shape index (κ3) is 3.70. The van der Waals surface area contributed by atoms with Crippen LogP contribution in [-0.2, 0) is 4.79 Å². The number of carbonyl (C=O) groups excluding carboxylic acids is 1. The smallest absolute Gasteiger partial charge is 0.271 e. The lowest BCUT2D eigenvalue weighted by atomic mass is 10.1. The molecule has 0 unspecified atom stereocenters. The van der Waals surface area contributed by atoms with Gasteiger partial charge >= 0.3 is 0 Å². The Bertz CT molecular complexity index is 497. The minimum Gasteiger partial charge on any atom is -0.368 e. The number of aromatic amines is 1. The molecule has 0 atom stereocenters. The van der Waals surface area contributed by atoms with Crippen molar-refractivity contribution >= 4 is 23.3 Å². The van der Waals surface area contributed by atoms with E-state index >= 15 is 0 Å². The SMILES string of the molecule is O=C(CCNc1nc[nH]c(=O)c1Cl)N1CCCCC1. The summed E-state index contributed by atoms with van der Waals surface area (Å²) >= 11 is 5.79. The fourth-order valence-corrected chi connectivity index (χ4v) is 2.27. The molecule has 1 amide bonds. The van der Waals surface area contributed by atoms with Crippen LogP contribution < -0.4 is 10.9 Å². The van der Waals surface area contributed by atoms with Crippen LogP contribution >= 0.6 is 11.6 Å². The van der Waals surface area contributed by atoms with E-state index in [1.165, 1.54) is 12.7 Å². The van der Waals surface area contributed by atoms with Crippen LogP contribution in [-0.4, -0.2) is 40.4 Å². The number of aromatic nitrogens is 2. The second kappa shape index (κ2) is 6.56. The maximum Gasteiger partial charge on any atom is 0.271 e. The van der Waals surface area contributed by atoms with E-state index in [9.17, 15) is 9.59 Å². The zero-order valence-electron chi connectivity index (χ0n) is 10.6. The molecular weight excluding hydrogens is 268 g/mol. The summed E-state index contributed by atoms with van der Waals surface area (Å²) in [5.41, 5.74) is -0.387. The topological polar surface area (TPSA) is 78.1 Å². The predicted octanol–water partition coefficient (Wildman–Crippen LogP) is 1.24. The summed E-state index contributed by atoms with van der Waals surface area (Å²) in [7, 11) is 0. The summed E-state index contributed by atoms with van der Waals surface area (Å²) in [5, 5.41) is 2.93. The lowest BCUT2D eigenvalue weighted by Crippen LogP contribution is -2.36. The van der Waals surface area contributed by atoms with Gasteiger partial charge < -0.3 is 15.2 Å². The van der Waals surface area contributed by atoms with Crippen molar-refractivity contribution in [3.63, 3.8) is 0 Å². The number of H-pyrrole nitrogens is 1. The molecule has 0 radical (unpaired) electrons. The highest BCUT2D eigenvalue weighted by molar-refractivity contribution is 6.32. The molecule has 1 aliphatic heterocycles. The number of rotatable bonds is 4. The van der Waals surface area contributed by atoms with E-state index in [1.807, 2.05) is 4.90 Å². The van der Waals surface area contributed by atoms with Crippen LogP contribution in [0.5, 0.6) is 0 Å². The van der Waals surface area contributed by atoms with E-state index in [1.54, 1.807) is 0 Å². The first-order valence-corrected chi connectivity index (χ1v) is 6.81. The highest BCUT2D eigenvalue weighted by Gasteiger charge is 2.16. The molecule has 0 aliphatic carbocycles. The maximum absolute atomic E-state index is 11.9. The molecule has 2 rings (SSSR count). The summed E-state index contributed by atoms with van der Waals surface area (Å²) in [6, 6.07) is 0. The lowest BCUT2D eigenvalue weighted by Gasteiger charge is -2.26. The van der Waals surface area contributed by atoms with Gasteiger partial charge in [-0.25, -0.2) is 4.98 Å². The maximum atomic E-state index is 11.9. The summed E-state index contributed by atoms with van der Waals surface area (Å²) in [5.74, 6) is 0.449. The standard InChI is InChI=1S/C12H17ClN4O2/c13-10-11(15-8-16-12(10)19)14-5-4-9(18)17-6-2-1-3-7-17/h8H,1-7H2,(H2,14,15,16,19). The lowest BCUT2D eigenvalue weighted by molar-refractivity contribution is -0.131. The number of likely N-dealkylation sites (tertiary alicyclic amines) is 1. The molecule has 1 aromatic heterocycles. The minimum absolute atomic E-state index is 0.0212. The number of nitrogens with zero attached hydrogens (tertiary/aromatic N) is 2. The second-order valence-electron chi connectivity index (χ2n) is 4.51. The van der Waals surface area contributed by atoms with E-state index in [0.717, 1.165) is 25.9 Å². The number of nitrogens with one attached hydrogen (secondary N) is 2. The van der Waals surface area contributed by atoms with Gasteiger partial charge in [0.25, 0.3) is 5.56 Å². The molecule has 1 saturated heterocycles. The van der Waals surface area contributed by atoms with Crippen LogP contribution in [0.3, 0.4) is 0 Å². The van der Waals surface area contributed by atoms with Crippen LogP contribution in [0.1, 0.15) is 25.7 Å². The molecule has 0 saturated carbocycles. The van der Waals surface area contributed by atoms with Crippen molar-refractivity contribution in [1.82, 2.24) is 14.9 Å². The van der Waals surface area contributed by atoms with Crippen LogP contribution in [0, 0.1) is 0 Å². The van der Waals surface area contributed by atoms with Gasteiger partial charge in [-0.2, -0.15) is 0 Å². The molecule has 6 nitrogen and oxygen atoms in total. The number of carbonyl (C=O) groups is 1. The minimum atomic E-state index is -0.387. The van der Waals surface area contributed by atoms with E-state index in [2.05, 4.69) is 15.3 Å². The van der Waals surface area contributed by atoms with Gasteiger partial charge in [0.15, 0.2) is 5.82 Å². The fraction of sp³-hybridized carbons (Fsp3) is 0.583. The Balaban J connectivity index is 1.81. The van der Waals surface area contributed by atoms with Crippen molar-refractivity contribution in [2.75, 3.05) is 25.0 Å². The molecule has 0 bridgehead atoms. The van der Waals surface area contributed by atoms with Gasteiger partial charge in [-0.15, -0.1) is 0 Å². The molecule has 1 aromatic rings. The third-order valence-electron chi connectivity index (χ3n) is 3.14. The largest absolute Gasteiger partial charge is 0.368 e. The van der Waals surface area contributed by atoms with Gasteiger partial charge in [0, 0.05) is 26.1 Å². The number of halogens is 1. The Morgan fingerprint density at radius 2 is 2.16 bits per heavy atom. The highest BCUT2D eigenvalue weighted by Crippen LogP contribution is 2.13. The summed E-state index contributed by atoms with van der Waals surface area (Å²) in [6.07, 6.45) is 5.03. The average Bonchev–Trinajstić information content (AvgIpc) is 2.44. The van der Waals surface area contributed by atoms with Crippen LogP contribution in [0.4, 0.5) is 5.82 Å². The molecule has 19 heavy (non-hydrogen) atoms. The Kier molecular flexibility index (Phi) is 4.79. The zero-order chi connectivity index (χ0) is 13.7. The van der Waals surface area contributed by atoms with Crippen molar-refractivity contribution in [1.29, 1.82) is 0 Å². The third-order valence-corrected chi connectivity index (χ3v) is 3.49. The van der Waals surface area contributed by atoms with Crippen molar-refractivity contribution < 1.29 is 4.79 Å². The summed E-state index contributed by atoms with van der Waals surface area (Å²) in [6.45, 7) is 2.12. The zero-order valence-corrected chi connectivity index (χ0v) is 11.4. The molecule has 2 heterocycles. The van der Waals surface area contributed by atoms with Gasteiger partial charge in [-0.3, -0.25) is 9.59 Å². The monoisotopic (exact) mass is 284 g/mol. The fourth-order valence-electron chi connectivity index (χ4n) is 2.10. The first-order valence-electron chi connectivity index (χ1n) is 6.43. The van der Waals surface area contributed by atoms with Gasteiger partial charge in [0.1, 0.15) is 5.02 Å². The molecule has 0 spiro atoms. The normalized spacial score (nSPS) is 15.3. The molecular formula is C12H17ClN4O2. The Morgan fingerprint density at radius 1 is 1.42 bits per heavy atom. The Labute approximate surface area is 116 Å². The number of anilines is 1. The Hall–Kier alpha value is -1.56. The molecule has 1 fully saturated rings.